The Hall–Kier alpha value is -2.13. The summed E-state index contributed by atoms with van der Waals surface area (Å²) >= 11 is 0. The molecule has 4 rings (SSSR count). The number of piperidine rings is 1. The molecule has 0 aliphatic carbocycles. The van der Waals surface area contributed by atoms with Crippen molar-refractivity contribution >= 4 is 5.91 Å². The Kier molecular flexibility index (Phi) is 4.58. The largest absolute Gasteiger partial charge is 0.339 e. The number of hydrogen-bond donors (Lipinski definition) is 0. The van der Waals surface area contributed by atoms with E-state index in [9.17, 15) is 4.79 Å². The molecule has 0 saturated carbocycles. The lowest BCUT2D eigenvalue weighted by Gasteiger charge is -2.34. The molecule has 0 spiro atoms. The number of nitrogens with zero attached hydrogens (tertiary/aromatic N) is 2. The maximum Gasteiger partial charge on any atom is 0.253 e. The van der Waals surface area contributed by atoms with E-state index >= 15 is 0 Å². The van der Waals surface area contributed by atoms with Gasteiger partial charge in [-0.3, -0.25) is 9.69 Å². The lowest BCUT2D eigenvalue weighted by Crippen LogP contribution is -2.41. The number of carbonyl (C=O) groups excluding carboxylic acids is 1. The first kappa shape index (κ1) is 16.3. The van der Waals surface area contributed by atoms with Gasteiger partial charge in [-0.15, -0.1) is 0 Å². The van der Waals surface area contributed by atoms with Crippen LogP contribution in [0.15, 0.2) is 48.5 Å². The molecule has 0 aromatic heterocycles. The van der Waals surface area contributed by atoms with Gasteiger partial charge in [-0.1, -0.05) is 42.0 Å². The molecule has 2 aliphatic heterocycles. The molecule has 0 N–H and O–H groups in total. The summed E-state index contributed by atoms with van der Waals surface area (Å²) in [4.78, 5) is 17.3. The Bertz CT molecular complexity index is 737. The molecule has 2 aliphatic rings. The summed E-state index contributed by atoms with van der Waals surface area (Å²) < 4.78 is 0. The van der Waals surface area contributed by atoms with Gasteiger partial charge < -0.3 is 4.90 Å². The van der Waals surface area contributed by atoms with Crippen molar-refractivity contribution in [3.63, 3.8) is 0 Å². The molecule has 1 saturated heterocycles. The minimum Gasteiger partial charge on any atom is -0.339 e. The van der Waals surface area contributed by atoms with Gasteiger partial charge in [-0.05, 0) is 48.9 Å². The van der Waals surface area contributed by atoms with Crippen LogP contribution in [0.2, 0.25) is 0 Å². The van der Waals surface area contributed by atoms with Crippen molar-refractivity contribution in [1.29, 1.82) is 0 Å². The second kappa shape index (κ2) is 7.01. The number of likely N-dealkylation sites (tertiary alicyclic amines) is 1. The van der Waals surface area contributed by atoms with Gasteiger partial charge >= 0.3 is 0 Å². The summed E-state index contributed by atoms with van der Waals surface area (Å²) in [5.41, 5.74) is 4.94. The first-order valence-electron chi connectivity index (χ1n) is 9.34. The molecule has 0 unspecified atom stereocenters. The summed E-state index contributed by atoms with van der Waals surface area (Å²) in [6.07, 6.45) is 2.23. The summed E-state index contributed by atoms with van der Waals surface area (Å²) in [5, 5.41) is 0. The Morgan fingerprint density at radius 3 is 2.32 bits per heavy atom. The molecule has 0 atom stereocenters. The van der Waals surface area contributed by atoms with Crippen molar-refractivity contribution in [3.05, 3.63) is 70.8 Å². The number of carbonyl (C=O) groups is 1. The van der Waals surface area contributed by atoms with Gasteiger partial charge in [-0.2, -0.15) is 0 Å². The van der Waals surface area contributed by atoms with E-state index in [0.717, 1.165) is 56.7 Å². The highest BCUT2D eigenvalue weighted by molar-refractivity contribution is 5.94. The van der Waals surface area contributed by atoms with Gasteiger partial charge in [0.1, 0.15) is 0 Å². The van der Waals surface area contributed by atoms with Crippen LogP contribution >= 0.6 is 0 Å². The monoisotopic (exact) mass is 334 g/mol. The van der Waals surface area contributed by atoms with Crippen LogP contribution in [0, 0.1) is 12.8 Å². The Morgan fingerprint density at radius 2 is 1.68 bits per heavy atom. The minimum atomic E-state index is 0.190. The van der Waals surface area contributed by atoms with Crippen molar-refractivity contribution in [2.75, 3.05) is 19.6 Å². The molecular formula is C22H26N2O. The third kappa shape index (κ3) is 3.62. The van der Waals surface area contributed by atoms with Crippen LogP contribution in [0.25, 0.3) is 0 Å². The Labute approximate surface area is 150 Å². The Balaban J connectivity index is 1.30. The highest BCUT2D eigenvalue weighted by Gasteiger charge is 2.27. The fourth-order valence-electron chi connectivity index (χ4n) is 4.18. The highest BCUT2D eigenvalue weighted by Crippen LogP contribution is 2.26. The van der Waals surface area contributed by atoms with E-state index in [0.29, 0.717) is 5.92 Å². The smallest absolute Gasteiger partial charge is 0.253 e. The third-order valence-corrected chi connectivity index (χ3v) is 5.59. The van der Waals surface area contributed by atoms with Crippen LogP contribution in [0.5, 0.6) is 0 Å². The molecule has 0 radical (unpaired) electrons. The van der Waals surface area contributed by atoms with Gasteiger partial charge in [0.2, 0.25) is 0 Å². The van der Waals surface area contributed by atoms with E-state index < -0.39 is 0 Å². The number of rotatable bonds is 3. The molecule has 25 heavy (non-hydrogen) atoms. The van der Waals surface area contributed by atoms with E-state index in [-0.39, 0.29) is 5.91 Å². The molecule has 1 fully saturated rings. The second-order valence-corrected chi connectivity index (χ2v) is 7.54. The van der Waals surface area contributed by atoms with E-state index in [1.165, 1.54) is 11.1 Å². The second-order valence-electron chi connectivity index (χ2n) is 7.54. The molecule has 3 nitrogen and oxygen atoms in total. The normalized spacial score (nSPS) is 18.4. The van der Waals surface area contributed by atoms with Gasteiger partial charge in [-0.25, -0.2) is 0 Å². The van der Waals surface area contributed by atoms with Crippen molar-refractivity contribution < 1.29 is 4.79 Å². The number of benzene rings is 2. The van der Waals surface area contributed by atoms with E-state index in [4.69, 9.17) is 0 Å². The maximum absolute atomic E-state index is 12.7. The molecular weight excluding hydrogens is 308 g/mol. The lowest BCUT2D eigenvalue weighted by molar-refractivity contribution is 0.0666. The van der Waals surface area contributed by atoms with Crippen LogP contribution in [-0.2, 0) is 13.1 Å². The molecule has 0 bridgehead atoms. The van der Waals surface area contributed by atoms with Crippen molar-refractivity contribution in [2.24, 2.45) is 5.92 Å². The van der Waals surface area contributed by atoms with Crippen LogP contribution in [0.4, 0.5) is 0 Å². The molecule has 3 heteroatoms. The molecule has 130 valence electrons. The van der Waals surface area contributed by atoms with E-state index in [2.05, 4.69) is 29.2 Å². The average molecular weight is 334 g/mol. The standard InChI is InChI=1S/C22H26N2O/c1-17-5-4-8-19(13-17)22(25)24-11-9-18(10-12-24)14-23-15-20-6-2-3-7-21(20)16-23/h2-8,13,18H,9-12,14-16H2,1H3. The fraction of sp³-hybridized carbons (Fsp3) is 0.409. The minimum absolute atomic E-state index is 0.190. The van der Waals surface area contributed by atoms with E-state index in [1.54, 1.807) is 0 Å². The number of fused-ring (bicyclic) bond motifs is 1. The molecule has 2 aromatic rings. The van der Waals surface area contributed by atoms with Gasteiger partial charge in [0.05, 0.1) is 0 Å². The van der Waals surface area contributed by atoms with Crippen LogP contribution in [0.1, 0.15) is 39.9 Å². The van der Waals surface area contributed by atoms with Crippen LogP contribution in [-0.4, -0.2) is 35.3 Å². The zero-order chi connectivity index (χ0) is 17.2. The Morgan fingerprint density at radius 1 is 1.00 bits per heavy atom. The topological polar surface area (TPSA) is 23.6 Å². The number of aryl methyl sites for hydroxylation is 1. The fourth-order valence-corrected chi connectivity index (χ4v) is 4.18. The average Bonchev–Trinajstić information content (AvgIpc) is 3.04. The summed E-state index contributed by atoms with van der Waals surface area (Å²) in [5.74, 6) is 0.895. The summed E-state index contributed by atoms with van der Waals surface area (Å²) in [7, 11) is 0. The van der Waals surface area contributed by atoms with Crippen molar-refractivity contribution in [1.82, 2.24) is 9.80 Å². The quantitative estimate of drug-likeness (QED) is 0.851. The lowest BCUT2D eigenvalue weighted by atomic mass is 9.95. The van der Waals surface area contributed by atoms with E-state index in [1.807, 2.05) is 36.1 Å². The molecule has 1 amide bonds. The summed E-state index contributed by atoms with van der Waals surface area (Å²) in [6.45, 7) is 7.13. The first-order valence-corrected chi connectivity index (χ1v) is 9.34. The predicted molar refractivity (Wildman–Crippen MR) is 100 cm³/mol. The zero-order valence-corrected chi connectivity index (χ0v) is 14.9. The number of amides is 1. The van der Waals surface area contributed by atoms with Gasteiger partial charge in [0.15, 0.2) is 0 Å². The predicted octanol–water partition coefficient (Wildman–Crippen LogP) is 3.86. The maximum atomic E-state index is 12.7. The van der Waals surface area contributed by atoms with Gasteiger partial charge in [0, 0.05) is 38.3 Å². The van der Waals surface area contributed by atoms with Crippen LogP contribution < -0.4 is 0 Å². The molecule has 2 heterocycles. The summed E-state index contributed by atoms with van der Waals surface area (Å²) in [6, 6.07) is 16.7. The van der Waals surface area contributed by atoms with Crippen molar-refractivity contribution in [3.8, 4) is 0 Å². The SMILES string of the molecule is Cc1cccc(C(=O)N2CCC(CN3Cc4ccccc4C3)CC2)c1. The first-order chi connectivity index (χ1) is 12.2. The molecule has 2 aromatic carbocycles. The highest BCUT2D eigenvalue weighted by atomic mass is 16.2. The number of hydrogen-bond acceptors (Lipinski definition) is 2. The van der Waals surface area contributed by atoms with Crippen molar-refractivity contribution in [2.45, 2.75) is 32.9 Å². The van der Waals surface area contributed by atoms with Crippen LogP contribution in [0.3, 0.4) is 0 Å². The third-order valence-electron chi connectivity index (χ3n) is 5.59. The van der Waals surface area contributed by atoms with Gasteiger partial charge in [0.25, 0.3) is 5.91 Å². The zero-order valence-electron chi connectivity index (χ0n) is 14.9.